The molecule has 1 fully saturated rings. The molecule has 0 radical (unpaired) electrons. The molecular formula is C19H23N5O2S2. The number of nitrogens with zero attached hydrogens (tertiary/aromatic N) is 4. The molecule has 1 aliphatic rings. The lowest BCUT2D eigenvalue weighted by Gasteiger charge is -2.38. The van der Waals surface area contributed by atoms with Gasteiger partial charge in [0.05, 0.1) is 16.6 Å². The highest BCUT2D eigenvalue weighted by Gasteiger charge is 2.27. The lowest BCUT2D eigenvalue weighted by Crippen LogP contribution is -2.46. The Hall–Kier alpha value is -2.07. The van der Waals surface area contributed by atoms with Crippen molar-refractivity contribution >= 4 is 21.2 Å². The molecule has 7 nitrogen and oxygen atoms in total. The number of nitrogens with one attached hydrogen (secondary N) is 1. The minimum absolute atomic E-state index is 0.255. The van der Waals surface area contributed by atoms with Gasteiger partial charge in [0.2, 0.25) is 0 Å². The van der Waals surface area contributed by atoms with E-state index in [1.54, 1.807) is 29.7 Å². The first-order valence-electron chi connectivity index (χ1n) is 9.07. The van der Waals surface area contributed by atoms with E-state index in [4.69, 9.17) is 4.98 Å². The number of imidazole rings is 1. The average molecular weight is 418 g/mol. The number of likely N-dealkylation sites (N-methyl/N-ethyl adjacent to an activating group) is 1. The van der Waals surface area contributed by atoms with Gasteiger partial charge in [-0.2, -0.15) is 0 Å². The summed E-state index contributed by atoms with van der Waals surface area (Å²) in [4.78, 5) is 17.5. The number of H-pyrrole nitrogens is 1. The predicted molar refractivity (Wildman–Crippen MR) is 110 cm³/mol. The van der Waals surface area contributed by atoms with Crippen molar-refractivity contribution in [1.82, 2.24) is 24.8 Å². The van der Waals surface area contributed by atoms with E-state index in [0.717, 1.165) is 48.3 Å². The van der Waals surface area contributed by atoms with Crippen LogP contribution in [0.15, 0.2) is 46.9 Å². The third-order valence-corrected chi connectivity index (χ3v) is 7.10. The monoisotopic (exact) mass is 417 g/mol. The van der Waals surface area contributed by atoms with Gasteiger partial charge in [-0.05, 0) is 19.2 Å². The van der Waals surface area contributed by atoms with Crippen molar-refractivity contribution in [3.05, 3.63) is 53.6 Å². The molecule has 0 aliphatic carbocycles. The Bertz CT molecular complexity index is 1030. The molecule has 3 aromatic rings. The Balaban J connectivity index is 1.45. The van der Waals surface area contributed by atoms with Crippen molar-refractivity contribution in [3.63, 3.8) is 0 Å². The molecular weight excluding hydrogens is 394 g/mol. The second-order valence-electron chi connectivity index (χ2n) is 7.15. The van der Waals surface area contributed by atoms with Crippen molar-refractivity contribution in [2.75, 3.05) is 32.9 Å². The molecule has 0 amide bonds. The zero-order valence-corrected chi connectivity index (χ0v) is 17.5. The molecule has 0 saturated carbocycles. The maximum atomic E-state index is 11.6. The summed E-state index contributed by atoms with van der Waals surface area (Å²) >= 11 is 1.59. The van der Waals surface area contributed by atoms with Crippen LogP contribution < -0.4 is 0 Å². The molecule has 1 saturated heterocycles. The predicted octanol–water partition coefficient (Wildman–Crippen LogP) is 2.43. The smallest absolute Gasteiger partial charge is 0.175 e. The Morgan fingerprint density at radius 3 is 2.71 bits per heavy atom. The summed E-state index contributed by atoms with van der Waals surface area (Å²) in [7, 11) is -1.05. The van der Waals surface area contributed by atoms with E-state index in [-0.39, 0.29) is 6.04 Å². The first-order valence-corrected chi connectivity index (χ1v) is 11.8. The van der Waals surface area contributed by atoms with Gasteiger partial charge in [-0.1, -0.05) is 12.1 Å². The van der Waals surface area contributed by atoms with Crippen LogP contribution in [-0.4, -0.2) is 66.1 Å². The first-order chi connectivity index (χ1) is 13.4. The Morgan fingerprint density at radius 1 is 1.25 bits per heavy atom. The second-order valence-corrected chi connectivity index (χ2v) is 10.0. The fourth-order valence-electron chi connectivity index (χ4n) is 3.41. The fraction of sp³-hybridized carbons (Fsp3) is 0.368. The Kier molecular flexibility index (Phi) is 5.33. The summed E-state index contributed by atoms with van der Waals surface area (Å²) in [5, 5.41) is 2.99. The highest BCUT2D eigenvalue weighted by atomic mass is 32.2. The fourth-order valence-corrected chi connectivity index (χ4v) is 4.86. The molecule has 1 aromatic carbocycles. The number of hydrogen-bond acceptors (Lipinski definition) is 7. The van der Waals surface area contributed by atoms with Crippen LogP contribution in [0, 0.1) is 0 Å². The molecule has 148 valence electrons. The number of rotatable bonds is 5. The van der Waals surface area contributed by atoms with E-state index in [0.29, 0.717) is 4.90 Å². The minimum atomic E-state index is -3.18. The summed E-state index contributed by atoms with van der Waals surface area (Å²) in [5.41, 5.74) is 1.98. The average Bonchev–Trinajstić information content (AvgIpc) is 3.35. The minimum Gasteiger partial charge on any atom is -0.347 e. The number of thiazole rings is 1. The molecule has 2 aromatic heterocycles. The van der Waals surface area contributed by atoms with E-state index in [9.17, 15) is 8.42 Å². The third-order valence-electron chi connectivity index (χ3n) is 5.03. The highest BCUT2D eigenvalue weighted by molar-refractivity contribution is 7.90. The zero-order chi connectivity index (χ0) is 19.7. The first kappa shape index (κ1) is 19.3. The van der Waals surface area contributed by atoms with Gasteiger partial charge >= 0.3 is 0 Å². The molecule has 9 heteroatoms. The normalized spacial score (nSPS) is 19.1. The van der Waals surface area contributed by atoms with Crippen molar-refractivity contribution in [2.45, 2.75) is 17.5 Å². The number of hydrogen-bond donors (Lipinski definition) is 1. The molecule has 1 N–H and O–H groups in total. The summed E-state index contributed by atoms with van der Waals surface area (Å²) in [5.74, 6) is 0.997. The van der Waals surface area contributed by atoms with E-state index < -0.39 is 9.84 Å². The topological polar surface area (TPSA) is 82.2 Å². The highest BCUT2D eigenvalue weighted by Crippen LogP contribution is 2.27. The van der Waals surface area contributed by atoms with Crippen molar-refractivity contribution < 1.29 is 8.42 Å². The molecule has 0 bridgehead atoms. The number of aromatic nitrogens is 3. The third kappa shape index (κ3) is 4.17. The maximum absolute atomic E-state index is 11.6. The van der Waals surface area contributed by atoms with Gasteiger partial charge in [0.1, 0.15) is 10.8 Å². The maximum Gasteiger partial charge on any atom is 0.175 e. The van der Waals surface area contributed by atoms with Crippen LogP contribution in [-0.2, 0) is 16.4 Å². The number of piperazine rings is 1. The van der Waals surface area contributed by atoms with E-state index in [1.165, 1.54) is 6.26 Å². The van der Waals surface area contributed by atoms with Crippen LogP contribution in [0.4, 0.5) is 0 Å². The van der Waals surface area contributed by atoms with Gasteiger partial charge in [0.15, 0.2) is 9.84 Å². The van der Waals surface area contributed by atoms with Crippen molar-refractivity contribution in [3.8, 4) is 10.6 Å². The summed E-state index contributed by atoms with van der Waals surface area (Å²) in [6.07, 6.45) is 4.88. The van der Waals surface area contributed by atoms with Crippen LogP contribution in [0.1, 0.15) is 17.6 Å². The number of aromatic amines is 1. The SMILES string of the molecule is CN1CCN(Cc2csc(-c3ccc(S(C)(=O)=O)cc3)n2)CC1c1ncc[nH]1. The van der Waals surface area contributed by atoms with Gasteiger partial charge in [-0.15, -0.1) is 11.3 Å². The van der Waals surface area contributed by atoms with Gasteiger partial charge in [-0.25, -0.2) is 18.4 Å². The van der Waals surface area contributed by atoms with Crippen LogP contribution >= 0.6 is 11.3 Å². The van der Waals surface area contributed by atoms with E-state index >= 15 is 0 Å². The summed E-state index contributed by atoms with van der Waals surface area (Å²) < 4.78 is 23.2. The van der Waals surface area contributed by atoms with E-state index in [2.05, 4.69) is 32.2 Å². The van der Waals surface area contributed by atoms with Crippen molar-refractivity contribution in [1.29, 1.82) is 0 Å². The Labute approximate surface area is 169 Å². The van der Waals surface area contributed by atoms with Crippen LogP contribution in [0.2, 0.25) is 0 Å². The number of sulfone groups is 1. The van der Waals surface area contributed by atoms with Crippen LogP contribution in [0.25, 0.3) is 10.6 Å². The number of benzene rings is 1. The lowest BCUT2D eigenvalue weighted by molar-refractivity contribution is 0.0856. The molecule has 4 rings (SSSR count). The quantitative estimate of drug-likeness (QED) is 0.687. The van der Waals surface area contributed by atoms with Crippen LogP contribution in [0.5, 0.6) is 0 Å². The van der Waals surface area contributed by atoms with Gasteiger partial charge in [0.25, 0.3) is 0 Å². The molecule has 1 aliphatic heterocycles. The largest absolute Gasteiger partial charge is 0.347 e. The molecule has 3 heterocycles. The van der Waals surface area contributed by atoms with Gasteiger partial charge in [0, 0.05) is 55.8 Å². The summed E-state index contributed by atoms with van der Waals surface area (Å²) in [6.45, 7) is 3.67. The van der Waals surface area contributed by atoms with Crippen molar-refractivity contribution in [2.24, 2.45) is 0 Å². The zero-order valence-electron chi connectivity index (χ0n) is 15.9. The second kappa shape index (κ2) is 7.75. The van der Waals surface area contributed by atoms with Gasteiger partial charge in [-0.3, -0.25) is 9.80 Å². The van der Waals surface area contributed by atoms with Gasteiger partial charge < -0.3 is 4.98 Å². The Morgan fingerprint density at radius 2 is 2.04 bits per heavy atom. The molecule has 28 heavy (non-hydrogen) atoms. The summed E-state index contributed by atoms with van der Waals surface area (Å²) in [6, 6.07) is 7.18. The molecule has 0 spiro atoms. The lowest BCUT2D eigenvalue weighted by atomic mass is 10.1. The molecule has 1 unspecified atom stereocenters. The standard InChI is InChI=1S/C19H23N5O2S2/c1-23-9-10-24(12-17(23)18-20-7-8-21-18)11-15-13-27-19(22-15)14-3-5-16(6-4-14)28(2,25)26/h3-8,13,17H,9-12H2,1-2H3,(H,20,21). The van der Waals surface area contributed by atoms with E-state index in [1.807, 2.05) is 18.3 Å². The molecule has 1 atom stereocenters. The van der Waals surface area contributed by atoms with Crippen LogP contribution in [0.3, 0.4) is 0 Å².